The number of hydrogen-bond donors (Lipinski definition) is 1. The lowest BCUT2D eigenvalue weighted by molar-refractivity contribution is -0.121. The van der Waals surface area contributed by atoms with Crippen molar-refractivity contribution in [1.29, 1.82) is 0 Å². The molecule has 0 rings (SSSR count). The molecule has 1 amide bonds. The minimum atomic E-state index is 0.104. The van der Waals surface area contributed by atoms with Gasteiger partial charge in [-0.05, 0) is 18.4 Å². The summed E-state index contributed by atoms with van der Waals surface area (Å²) in [7, 11) is 0. The second kappa shape index (κ2) is 10.9. The molecule has 0 aromatic heterocycles. The molecule has 0 radical (unpaired) electrons. The summed E-state index contributed by atoms with van der Waals surface area (Å²) in [5.41, 5.74) is 8.01. The summed E-state index contributed by atoms with van der Waals surface area (Å²) in [6.45, 7) is 3.20. The first-order valence-corrected chi connectivity index (χ1v) is 5.58. The lowest BCUT2D eigenvalue weighted by atomic mass is 10.1. The molecule has 0 aromatic rings. The fraction of sp³-hybridized carbons (Fsp3) is 0.900. The van der Waals surface area contributed by atoms with Crippen LogP contribution in [0.15, 0.2) is 5.11 Å². The average molecular weight is 212 g/mol. The van der Waals surface area contributed by atoms with Crippen molar-refractivity contribution in [3.8, 4) is 0 Å². The SMILES string of the molecule is CCCCCCC(=O)NCCCN=[N+]=[N-]. The topological polar surface area (TPSA) is 77.9 Å². The zero-order valence-electron chi connectivity index (χ0n) is 9.41. The summed E-state index contributed by atoms with van der Waals surface area (Å²) in [6.07, 6.45) is 5.81. The van der Waals surface area contributed by atoms with Crippen LogP contribution in [0.3, 0.4) is 0 Å². The van der Waals surface area contributed by atoms with Gasteiger partial charge in [0.15, 0.2) is 0 Å². The van der Waals surface area contributed by atoms with E-state index in [9.17, 15) is 4.79 Å². The Bertz CT molecular complexity index is 211. The van der Waals surface area contributed by atoms with E-state index < -0.39 is 0 Å². The highest BCUT2D eigenvalue weighted by Gasteiger charge is 1.99. The zero-order valence-corrected chi connectivity index (χ0v) is 9.41. The van der Waals surface area contributed by atoms with Gasteiger partial charge in [-0.15, -0.1) is 0 Å². The fourth-order valence-corrected chi connectivity index (χ4v) is 1.22. The van der Waals surface area contributed by atoms with Crippen LogP contribution in [0, 0.1) is 0 Å². The predicted octanol–water partition coefficient (Wildman–Crippen LogP) is 2.77. The average Bonchev–Trinajstić information content (AvgIpc) is 2.24. The van der Waals surface area contributed by atoms with Crippen LogP contribution in [0.4, 0.5) is 0 Å². The molecule has 0 saturated carbocycles. The van der Waals surface area contributed by atoms with Gasteiger partial charge in [-0.2, -0.15) is 0 Å². The van der Waals surface area contributed by atoms with E-state index >= 15 is 0 Å². The molecule has 5 nitrogen and oxygen atoms in total. The smallest absolute Gasteiger partial charge is 0.219 e. The maximum Gasteiger partial charge on any atom is 0.219 e. The highest BCUT2D eigenvalue weighted by Crippen LogP contribution is 2.01. The third kappa shape index (κ3) is 10.7. The lowest BCUT2D eigenvalue weighted by Crippen LogP contribution is -2.24. The Morgan fingerprint density at radius 1 is 1.33 bits per heavy atom. The van der Waals surface area contributed by atoms with Crippen molar-refractivity contribution in [2.45, 2.75) is 45.4 Å². The largest absolute Gasteiger partial charge is 0.356 e. The Balaban J connectivity index is 3.22. The maximum atomic E-state index is 11.2. The van der Waals surface area contributed by atoms with Crippen molar-refractivity contribution in [3.63, 3.8) is 0 Å². The van der Waals surface area contributed by atoms with Crippen molar-refractivity contribution in [3.05, 3.63) is 10.4 Å². The molecule has 0 fully saturated rings. The van der Waals surface area contributed by atoms with Crippen LogP contribution in [-0.2, 0) is 4.79 Å². The van der Waals surface area contributed by atoms with Gasteiger partial charge in [0.25, 0.3) is 0 Å². The minimum Gasteiger partial charge on any atom is -0.356 e. The molecule has 0 aromatic carbocycles. The second-order valence-corrected chi connectivity index (χ2v) is 3.47. The first kappa shape index (κ1) is 13.8. The number of unbranched alkanes of at least 4 members (excludes halogenated alkanes) is 3. The number of hydrogen-bond acceptors (Lipinski definition) is 2. The highest BCUT2D eigenvalue weighted by molar-refractivity contribution is 5.75. The van der Waals surface area contributed by atoms with Crippen LogP contribution in [0.5, 0.6) is 0 Å². The Kier molecular flexibility index (Phi) is 9.98. The van der Waals surface area contributed by atoms with E-state index in [0.717, 1.165) is 12.8 Å². The van der Waals surface area contributed by atoms with Crippen LogP contribution in [0.2, 0.25) is 0 Å². The van der Waals surface area contributed by atoms with E-state index in [1.165, 1.54) is 12.8 Å². The van der Waals surface area contributed by atoms with Gasteiger partial charge in [0.05, 0.1) is 0 Å². The van der Waals surface area contributed by atoms with Gasteiger partial charge in [-0.1, -0.05) is 31.3 Å². The number of carbonyl (C=O) groups is 1. The Labute approximate surface area is 90.9 Å². The van der Waals surface area contributed by atoms with Gasteiger partial charge < -0.3 is 5.32 Å². The normalized spacial score (nSPS) is 9.40. The molecule has 0 unspecified atom stereocenters. The van der Waals surface area contributed by atoms with Gasteiger partial charge in [-0.3, -0.25) is 4.79 Å². The first-order chi connectivity index (χ1) is 7.31. The molecule has 0 aliphatic carbocycles. The van der Waals surface area contributed by atoms with Gasteiger partial charge >= 0.3 is 0 Å². The fourth-order valence-electron chi connectivity index (χ4n) is 1.22. The molecule has 5 heteroatoms. The molecule has 0 aliphatic heterocycles. The summed E-state index contributed by atoms with van der Waals surface area (Å²) in [5.74, 6) is 0.104. The predicted molar refractivity (Wildman–Crippen MR) is 60.4 cm³/mol. The molecule has 0 spiro atoms. The van der Waals surface area contributed by atoms with Gasteiger partial charge in [0, 0.05) is 24.4 Å². The summed E-state index contributed by atoms with van der Waals surface area (Å²) in [6, 6.07) is 0. The van der Waals surface area contributed by atoms with E-state index in [2.05, 4.69) is 22.3 Å². The van der Waals surface area contributed by atoms with Gasteiger partial charge in [-0.25, -0.2) is 0 Å². The maximum absolute atomic E-state index is 11.2. The quantitative estimate of drug-likeness (QED) is 0.271. The van der Waals surface area contributed by atoms with E-state index in [-0.39, 0.29) is 5.91 Å². The number of carbonyl (C=O) groups excluding carboxylic acids is 1. The van der Waals surface area contributed by atoms with Gasteiger partial charge in [0.1, 0.15) is 0 Å². The summed E-state index contributed by atoms with van der Waals surface area (Å²) in [5, 5.41) is 6.18. The van der Waals surface area contributed by atoms with Crippen molar-refractivity contribution < 1.29 is 4.79 Å². The van der Waals surface area contributed by atoms with E-state index in [0.29, 0.717) is 25.9 Å². The summed E-state index contributed by atoms with van der Waals surface area (Å²) < 4.78 is 0. The van der Waals surface area contributed by atoms with Crippen molar-refractivity contribution in [2.75, 3.05) is 13.1 Å². The number of nitrogens with one attached hydrogen (secondary N) is 1. The highest BCUT2D eigenvalue weighted by atomic mass is 16.1. The Morgan fingerprint density at radius 2 is 2.13 bits per heavy atom. The van der Waals surface area contributed by atoms with Crippen LogP contribution < -0.4 is 5.32 Å². The molecule has 0 atom stereocenters. The van der Waals surface area contributed by atoms with Gasteiger partial charge in [0.2, 0.25) is 5.91 Å². The standard InChI is InChI=1S/C10H20N4O/c1-2-3-4-5-7-10(15)12-8-6-9-13-14-11/h2-9H2,1H3,(H,12,15). The second-order valence-electron chi connectivity index (χ2n) is 3.47. The Morgan fingerprint density at radius 3 is 2.80 bits per heavy atom. The lowest BCUT2D eigenvalue weighted by Gasteiger charge is -2.03. The number of azide groups is 1. The van der Waals surface area contributed by atoms with E-state index in [1.807, 2.05) is 0 Å². The molecule has 0 saturated heterocycles. The third-order valence-electron chi connectivity index (χ3n) is 2.08. The van der Waals surface area contributed by atoms with Crippen molar-refractivity contribution >= 4 is 5.91 Å². The molecule has 86 valence electrons. The third-order valence-corrected chi connectivity index (χ3v) is 2.08. The first-order valence-electron chi connectivity index (χ1n) is 5.58. The number of amides is 1. The van der Waals surface area contributed by atoms with E-state index in [4.69, 9.17) is 5.53 Å². The van der Waals surface area contributed by atoms with Crippen LogP contribution >= 0.6 is 0 Å². The molecular formula is C10H20N4O. The molecule has 0 heterocycles. The monoisotopic (exact) mass is 212 g/mol. The minimum absolute atomic E-state index is 0.104. The van der Waals surface area contributed by atoms with Crippen LogP contribution in [-0.4, -0.2) is 19.0 Å². The molecule has 15 heavy (non-hydrogen) atoms. The summed E-state index contributed by atoms with van der Waals surface area (Å²) >= 11 is 0. The zero-order chi connectivity index (χ0) is 11.4. The van der Waals surface area contributed by atoms with E-state index in [1.54, 1.807) is 0 Å². The number of rotatable bonds is 9. The van der Waals surface area contributed by atoms with Crippen LogP contribution in [0.25, 0.3) is 10.4 Å². The van der Waals surface area contributed by atoms with Crippen LogP contribution in [0.1, 0.15) is 45.4 Å². The Hall–Kier alpha value is -1.22. The van der Waals surface area contributed by atoms with Crippen molar-refractivity contribution in [1.82, 2.24) is 5.32 Å². The molecular weight excluding hydrogens is 192 g/mol. The molecule has 0 aliphatic rings. The number of nitrogens with zero attached hydrogens (tertiary/aromatic N) is 3. The molecule has 0 bridgehead atoms. The van der Waals surface area contributed by atoms with Crippen molar-refractivity contribution in [2.24, 2.45) is 5.11 Å². The molecule has 1 N–H and O–H groups in total. The summed E-state index contributed by atoms with van der Waals surface area (Å²) in [4.78, 5) is 13.9.